The van der Waals surface area contributed by atoms with E-state index in [1.54, 1.807) is 0 Å². The molecule has 0 aliphatic heterocycles. The molecule has 0 amide bonds. The van der Waals surface area contributed by atoms with Gasteiger partial charge in [0.15, 0.2) is 0 Å². The van der Waals surface area contributed by atoms with Crippen molar-refractivity contribution in [1.29, 1.82) is 0 Å². The number of hydrogen-bond acceptors (Lipinski definition) is 6. The third-order valence-electron chi connectivity index (χ3n) is 3.79. The molecule has 2 aromatic rings. The number of rotatable bonds is 10. The lowest BCUT2D eigenvalue weighted by Gasteiger charge is -2.25. The fraction of sp³-hybridized carbons (Fsp3) is 0.529. The summed E-state index contributed by atoms with van der Waals surface area (Å²) in [4.78, 5) is -0.617. The summed E-state index contributed by atoms with van der Waals surface area (Å²) in [7, 11) is -4.85. The van der Waals surface area contributed by atoms with E-state index in [1.807, 2.05) is 0 Å². The van der Waals surface area contributed by atoms with Crippen molar-refractivity contribution in [3.05, 3.63) is 21.5 Å². The SMILES string of the molecule is CCOP(=O)(OCC)C(F)(F)c1sc2c(OCCCC(F)(F)F)cc(N)cc2c1Br. The second-order valence-corrected chi connectivity index (χ2v) is 9.97. The van der Waals surface area contributed by atoms with Crippen LogP contribution in [-0.2, 0) is 19.3 Å². The average molecular weight is 540 g/mol. The number of benzene rings is 1. The van der Waals surface area contributed by atoms with Crippen LogP contribution in [0.15, 0.2) is 16.6 Å². The monoisotopic (exact) mass is 539 g/mol. The van der Waals surface area contributed by atoms with E-state index in [2.05, 4.69) is 15.9 Å². The molecule has 170 valence electrons. The molecule has 1 aromatic heterocycles. The third kappa shape index (κ3) is 5.45. The van der Waals surface area contributed by atoms with E-state index in [1.165, 1.54) is 26.0 Å². The van der Waals surface area contributed by atoms with Gasteiger partial charge in [0, 0.05) is 28.0 Å². The lowest BCUT2D eigenvalue weighted by atomic mass is 10.2. The molecule has 1 aromatic carbocycles. The smallest absolute Gasteiger partial charge is 0.405 e. The first kappa shape index (κ1) is 25.3. The van der Waals surface area contributed by atoms with Gasteiger partial charge in [0.25, 0.3) is 0 Å². The van der Waals surface area contributed by atoms with E-state index in [4.69, 9.17) is 19.5 Å². The molecule has 0 saturated heterocycles. The zero-order valence-corrected chi connectivity index (χ0v) is 19.3. The van der Waals surface area contributed by atoms with Crippen LogP contribution in [0.25, 0.3) is 10.1 Å². The summed E-state index contributed by atoms with van der Waals surface area (Å²) in [5.74, 6) is 0.0579. The van der Waals surface area contributed by atoms with Crippen LogP contribution in [0.3, 0.4) is 0 Å². The van der Waals surface area contributed by atoms with Crippen molar-refractivity contribution >= 4 is 50.6 Å². The summed E-state index contributed by atoms with van der Waals surface area (Å²) < 4.78 is 95.3. The molecule has 30 heavy (non-hydrogen) atoms. The third-order valence-corrected chi connectivity index (χ3v) is 8.43. The first-order chi connectivity index (χ1) is 13.9. The molecular weight excluding hydrogens is 520 g/mol. The van der Waals surface area contributed by atoms with E-state index in [-0.39, 0.29) is 52.2 Å². The average Bonchev–Trinajstić information content (AvgIpc) is 2.95. The van der Waals surface area contributed by atoms with E-state index in [0.29, 0.717) is 11.3 Å². The molecule has 0 aliphatic rings. The highest BCUT2D eigenvalue weighted by molar-refractivity contribution is 9.10. The maximum Gasteiger partial charge on any atom is 0.405 e. The summed E-state index contributed by atoms with van der Waals surface area (Å²) in [6.07, 6.45) is -5.67. The molecule has 2 N–H and O–H groups in total. The number of anilines is 1. The van der Waals surface area contributed by atoms with Crippen molar-refractivity contribution in [3.63, 3.8) is 0 Å². The second kappa shape index (κ2) is 9.68. The summed E-state index contributed by atoms with van der Waals surface area (Å²) in [5, 5.41) is 0.250. The van der Waals surface area contributed by atoms with Crippen molar-refractivity contribution < 1.29 is 40.3 Å². The molecular formula is C17H20BrF5NO4PS. The molecule has 0 radical (unpaired) electrons. The zero-order valence-electron chi connectivity index (χ0n) is 16.0. The van der Waals surface area contributed by atoms with Gasteiger partial charge in [-0.25, -0.2) is 0 Å². The maximum absolute atomic E-state index is 15.2. The van der Waals surface area contributed by atoms with Crippen LogP contribution >= 0.6 is 34.9 Å². The number of nitrogen functional groups attached to an aromatic ring is 1. The van der Waals surface area contributed by atoms with E-state index >= 15 is 8.78 Å². The molecule has 0 fully saturated rings. The van der Waals surface area contributed by atoms with Crippen LogP contribution < -0.4 is 10.5 Å². The quantitative estimate of drug-likeness (QED) is 0.148. The van der Waals surface area contributed by atoms with Crippen molar-refractivity contribution in [2.45, 2.75) is 38.5 Å². The molecule has 0 spiro atoms. The van der Waals surface area contributed by atoms with Gasteiger partial charge in [-0.15, -0.1) is 11.3 Å². The van der Waals surface area contributed by atoms with Crippen molar-refractivity contribution in [3.8, 4) is 5.75 Å². The van der Waals surface area contributed by atoms with Crippen molar-refractivity contribution in [2.24, 2.45) is 0 Å². The molecule has 0 aliphatic carbocycles. The van der Waals surface area contributed by atoms with Crippen LogP contribution in [0, 0.1) is 0 Å². The van der Waals surface area contributed by atoms with Gasteiger partial charge < -0.3 is 19.5 Å². The van der Waals surface area contributed by atoms with Crippen LogP contribution in [0.1, 0.15) is 31.6 Å². The Labute approximate surface area is 182 Å². The summed E-state index contributed by atoms with van der Waals surface area (Å²) >= 11 is 3.67. The molecule has 0 atom stereocenters. The number of thiophene rings is 1. The highest BCUT2D eigenvalue weighted by Crippen LogP contribution is 2.69. The van der Waals surface area contributed by atoms with E-state index in [0.717, 1.165) is 0 Å². The molecule has 0 saturated carbocycles. The molecule has 13 heteroatoms. The van der Waals surface area contributed by atoms with Crippen LogP contribution in [-0.4, -0.2) is 26.0 Å². The minimum absolute atomic E-state index is 0.0579. The van der Waals surface area contributed by atoms with Gasteiger partial charge >= 0.3 is 19.4 Å². The largest absolute Gasteiger partial charge is 0.492 e. The predicted molar refractivity (Wildman–Crippen MR) is 109 cm³/mol. The molecule has 1 heterocycles. The van der Waals surface area contributed by atoms with Crippen LogP contribution in [0.2, 0.25) is 0 Å². The lowest BCUT2D eigenvalue weighted by molar-refractivity contribution is -0.136. The standard InChI is InChI=1S/C17H20BrF5NO4PS/c1-3-27-29(25,28-4-2)17(22,23)15-13(18)11-8-10(24)9-12(14(11)30-15)26-7-5-6-16(19,20)21/h8-9H,3-7,24H2,1-2H3. The van der Waals surface area contributed by atoms with Gasteiger partial charge in [-0.3, -0.25) is 4.57 Å². The zero-order chi connectivity index (χ0) is 22.7. The number of fused-ring (bicyclic) bond motifs is 1. The Kier molecular flexibility index (Phi) is 8.17. The van der Waals surface area contributed by atoms with Gasteiger partial charge in [-0.1, -0.05) is 0 Å². The van der Waals surface area contributed by atoms with Gasteiger partial charge in [0.2, 0.25) is 0 Å². The Bertz CT molecular complexity index is 927. The fourth-order valence-corrected chi connectivity index (χ4v) is 6.60. The molecule has 0 unspecified atom stereocenters. The van der Waals surface area contributed by atoms with Crippen LogP contribution in [0.5, 0.6) is 5.75 Å². The minimum Gasteiger partial charge on any atom is -0.492 e. The van der Waals surface area contributed by atoms with E-state index in [9.17, 15) is 17.7 Å². The Hall–Kier alpha value is -0.940. The minimum atomic E-state index is -4.85. The van der Waals surface area contributed by atoms with Gasteiger partial charge in [-0.2, -0.15) is 22.0 Å². The van der Waals surface area contributed by atoms with Gasteiger partial charge in [0.1, 0.15) is 10.6 Å². The summed E-state index contributed by atoms with van der Waals surface area (Å²) in [5.41, 5.74) is 1.98. The topological polar surface area (TPSA) is 70.8 Å². The lowest BCUT2D eigenvalue weighted by Crippen LogP contribution is -2.17. The van der Waals surface area contributed by atoms with Crippen molar-refractivity contribution in [2.75, 3.05) is 25.6 Å². The van der Waals surface area contributed by atoms with Crippen molar-refractivity contribution in [1.82, 2.24) is 0 Å². The number of ether oxygens (including phenoxy) is 1. The molecule has 2 rings (SSSR count). The van der Waals surface area contributed by atoms with Crippen LogP contribution in [0.4, 0.5) is 27.6 Å². The first-order valence-corrected chi connectivity index (χ1v) is 12.0. The van der Waals surface area contributed by atoms with Gasteiger partial charge in [0.05, 0.1) is 24.5 Å². The van der Waals surface area contributed by atoms with E-state index < -0.39 is 30.7 Å². The molecule has 0 bridgehead atoms. The predicted octanol–water partition coefficient (Wildman–Crippen LogP) is 7.28. The second-order valence-electron chi connectivity index (χ2n) is 6.08. The fourth-order valence-electron chi connectivity index (χ4n) is 2.58. The number of nitrogens with two attached hydrogens (primary N) is 1. The number of alkyl halides is 5. The summed E-state index contributed by atoms with van der Waals surface area (Å²) in [6, 6.07) is 2.75. The highest BCUT2D eigenvalue weighted by atomic mass is 79.9. The first-order valence-electron chi connectivity index (χ1n) is 8.84. The normalized spacial score (nSPS) is 13.2. The number of halogens is 6. The number of hydrogen-bond donors (Lipinski definition) is 1. The Morgan fingerprint density at radius 3 is 2.27 bits per heavy atom. The molecule has 5 nitrogen and oxygen atoms in total. The summed E-state index contributed by atoms with van der Waals surface area (Å²) in [6.45, 7) is 2.03. The Morgan fingerprint density at radius 2 is 1.73 bits per heavy atom. The van der Waals surface area contributed by atoms with Gasteiger partial charge in [-0.05, 0) is 42.3 Å². The highest BCUT2D eigenvalue weighted by Gasteiger charge is 2.57. The Balaban J connectivity index is 2.46. The maximum atomic E-state index is 15.2. The Morgan fingerprint density at radius 1 is 1.13 bits per heavy atom.